The molecule has 0 saturated heterocycles. The quantitative estimate of drug-likeness (QED) is 0.906. The zero-order valence-corrected chi connectivity index (χ0v) is 14.3. The molecular formula is C20H24N2O. The van der Waals surface area contributed by atoms with Gasteiger partial charge in [-0.2, -0.15) is 0 Å². The smallest absolute Gasteiger partial charge is 0.251 e. The Morgan fingerprint density at radius 1 is 1.09 bits per heavy atom. The summed E-state index contributed by atoms with van der Waals surface area (Å²) < 4.78 is 0. The Balaban J connectivity index is 2.02. The number of allylic oxidation sites excluding steroid dienone is 2. The van der Waals surface area contributed by atoms with Crippen LogP contribution in [0.1, 0.15) is 49.3 Å². The minimum atomic E-state index is -0.0837. The van der Waals surface area contributed by atoms with Crippen LogP contribution in [-0.4, -0.2) is 10.9 Å². The minimum Gasteiger partial charge on any atom is -0.346 e. The highest BCUT2D eigenvalue weighted by atomic mass is 16.1. The summed E-state index contributed by atoms with van der Waals surface area (Å²) in [5.74, 6) is -0.0837. The number of aromatic nitrogens is 1. The summed E-state index contributed by atoms with van der Waals surface area (Å²) in [5, 5.41) is 2.89. The highest BCUT2D eigenvalue weighted by molar-refractivity contribution is 5.94. The summed E-state index contributed by atoms with van der Waals surface area (Å²) in [6, 6.07) is 13.4. The molecule has 2 aromatic rings. The van der Waals surface area contributed by atoms with Gasteiger partial charge in [-0.15, -0.1) is 0 Å². The zero-order chi connectivity index (χ0) is 16.9. The molecule has 0 atom stereocenters. The van der Waals surface area contributed by atoms with Crippen LogP contribution in [0, 0.1) is 5.41 Å². The number of carbonyl (C=O) groups excluding carboxylic acids is 1. The maximum absolute atomic E-state index is 12.2. The molecule has 0 aliphatic heterocycles. The monoisotopic (exact) mass is 308 g/mol. The maximum Gasteiger partial charge on any atom is 0.251 e. The fraction of sp³-hybridized carbons (Fsp3) is 0.300. The number of benzene rings is 1. The first-order valence-corrected chi connectivity index (χ1v) is 7.83. The third-order valence-corrected chi connectivity index (χ3v) is 3.41. The van der Waals surface area contributed by atoms with Gasteiger partial charge < -0.3 is 5.32 Å². The molecule has 3 heteroatoms. The first-order valence-electron chi connectivity index (χ1n) is 7.83. The Bertz CT molecular complexity index is 680. The van der Waals surface area contributed by atoms with Crippen LogP contribution in [0.25, 0.3) is 5.57 Å². The van der Waals surface area contributed by atoms with E-state index >= 15 is 0 Å². The van der Waals surface area contributed by atoms with Gasteiger partial charge in [-0.25, -0.2) is 0 Å². The molecule has 0 aliphatic rings. The fourth-order valence-corrected chi connectivity index (χ4v) is 2.39. The standard InChI is InChI=1S/C20H24N2O/c1-15(13-20(2,3)4)16-8-10-17(11-9-16)19(23)22-14-18-7-5-6-12-21-18/h5-13H,14H2,1-4H3,(H,22,23). The molecule has 0 unspecified atom stereocenters. The molecule has 2 rings (SSSR count). The number of rotatable bonds is 4. The van der Waals surface area contributed by atoms with Gasteiger partial charge in [-0.3, -0.25) is 9.78 Å². The summed E-state index contributed by atoms with van der Waals surface area (Å²) in [7, 11) is 0. The van der Waals surface area contributed by atoms with E-state index in [0.29, 0.717) is 12.1 Å². The molecule has 1 amide bonds. The molecule has 0 aliphatic carbocycles. The van der Waals surface area contributed by atoms with Crippen LogP contribution in [0.2, 0.25) is 0 Å². The number of carbonyl (C=O) groups is 1. The Kier molecular flexibility index (Phi) is 5.32. The molecule has 0 saturated carbocycles. The Hall–Kier alpha value is -2.42. The number of nitrogens with zero attached hydrogens (tertiary/aromatic N) is 1. The summed E-state index contributed by atoms with van der Waals surface area (Å²) in [6.07, 6.45) is 3.96. The van der Waals surface area contributed by atoms with Crippen LogP contribution >= 0.6 is 0 Å². The van der Waals surface area contributed by atoms with Crippen molar-refractivity contribution in [3.05, 3.63) is 71.6 Å². The molecule has 0 bridgehead atoms. The molecular weight excluding hydrogens is 284 g/mol. The highest BCUT2D eigenvalue weighted by Crippen LogP contribution is 2.23. The second kappa shape index (κ2) is 7.23. The molecule has 1 heterocycles. The molecule has 0 radical (unpaired) electrons. The summed E-state index contributed by atoms with van der Waals surface area (Å²) in [4.78, 5) is 16.4. The largest absolute Gasteiger partial charge is 0.346 e. The average molecular weight is 308 g/mol. The van der Waals surface area contributed by atoms with Crippen molar-refractivity contribution < 1.29 is 4.79 Å². The molecule has 1 aromatic heterocycles. The van der Waals surface area contributed by atoms with E-state index in [9.17, 15) is 4.79 Å². The van der Waals surface area contributed by atoms with E-state index in [0.717, 1.165) is 11.3 Å². The predicted octanol–water partition coefficient (Wildman–Crippen LogP) is 4.46. The van der Waals surface area contributed by atoms with Gasteiger partial charge in [0.2, 0.25) is 0 Å². The number of hydrogen-bond donors (Lipinski definition) is 1. The van der Waals surface area contributed by atoms with Gasteiger partial charge in [-0.1, -0.05) is 45.0 Å². The van der Waals surface area contributed by atoms with Gasteiger partial charge in [0.05, 0.1) is 12.2 Å². The van der Waals surface area contributed by atoms with Gasteiger partial charge in [0.15, 0.2) is 0 Å². The van der Waals surface area contributed by atoms with Crippen molar-refractivity contribution in [3.8, 4) is 0 Å². The second-order valence-corrected chi connectivity index (χ2v) is 6.77. The molecule has 1 N–H and O–H groups in total. The van der Waals surface area contributed by atoms with Crippen molar-refractivity contribution in [3.63, 3.8) is 0 Å². The van der Waals surface area contributed by atoms with Crippen LogP contribution in [0.15, 0.2) is 54.7 Å². The van der Waals surface area contributed by atoms with Gasteiger partial charge in [-0.05, 0) is 47.7 Å². The van der Waals surface area contributed by atoms with Crippen LogP contribution in [0.3, 0.4) is 0 Å². The van der Waals surface area contributed by atoms with E-state index in [1.54, 1.807) is 6.20 Å². The van der Waals surface area contributed by atoms with Crippen molar-refractivity contribution in [1.82, 2.24) is 10.3 Å². The molecule has 0 fully saturated rings. The van der Waals surface area contributed by atoms with Crippen LogP contribution in [-0.2, 0) is 6.54 Å². The Labute approximate surface area is 138 Å². The average Bonchev–Trinajstić information content (AvgIpc) is 2.52. The zero-order valence-electron chi connectivity index (χ0n) is 14.3. The summed E-state index contributed by atoms with van der Waals surface area (Å²) in [5.41, 5.74) is 4.01. The highest BCUT2D eigenvalue weighted by Gasteiger charge is 2.09. The third kappa shape index (κ3) is 5.37. The first kappa shape index (κ1) is 16.9. The lowest BCUT2D eigenvalue weighted by molar-refractivity contribution is 0.0950. The third-order valence-electron chi connectivity index (χ3n) is 3.41. The van der Waals surface area contributed by atoms with Crippen LogP contribution < -0.4 is 5.32 Å². The fourth-order valence-electron chi connectivity index (χ4n) is 2.39. The van der Waals surface area contributed by atoms with E-state index in [1.165, 1.54) is 5.57 Å². The Morgan fingerprint density at radius 2 is 1.74 bits per heavy atom. The predicted molar refractivity (Wildman–Crippen MR) is 95.0 cm³/mol. The lowest BCUT2D eigenvalue weighted by Crippen LogP contribution is -2.23. The number of amides is 1. The first-order chi connectivity index (χ1) is 10.8. The van der Waals surface area contributed by atoms with Crippen LogP contribution in [0.4, 0.5) is 0 Å². The maximum atomic E-state index is 12.2. The van der Waals surface area contributed by atoms with E-state index < -0.39 is 0 Å². The molecule has 3 nitrogen and oxygen atoms in total. The molecule has 23 heavy (non-hydrogen) atoms. The topological polar surface area (TPSA) is 42.0 Å². The van der Waals surface area contributed by atoms with E-state index in [2.05, 4.69) is 44.1 Å². The number of pyridine rings is 1. The van der Waals surface area contributed by atoms with Crippen molar-refractivity contribution in [2.24, 2.45) is 5.41 Å². The van der Waals surface area contributed by atoms with E-state index in [-0.39, 0.29) is 11.3 Å². The molecule has 0 spiro atoms. The van der Waals surface area contributed by atoms with Gasteiger partial charge in [0.1, 0.15) is 0 Å². The van der Waals surface area contributed by atoms with Crippen molar-refractivity contribution in [2.45, 2.75) is 34.2 Å². The molecule has 120 valence electrons. The van der Waals surface area contributed by atoms with Crippen LogP contribution in [0.5, 0.6) is 0 Å². The minimum absolute atomic E-state index is 0.0837. The Morgan fingerprint density at radius 3 is 2.30 bits per heavy atom. The van der Waals surface area contributed by atoms with Crippen molar-refractivity contribution in [1.29, 1.82) is 0 Å². The van der Waals surface area contributed by atoms with Gasteiger partial charge in [0, 0.05) is 11.8 Å². The number of hydrogen-bond acceptors (Lipinski definition) is 2. The normalized spacial score (nSPS) is 12.1. The SMILES string of the molecule is CC(=CC(C)(C)C)c1ccc(C(=O)NCc2ccccn2)cc1. The van der Waals surface area contributed by atoms with E-state index in [1.807, 2.05) is 42.5 Å². The lowest BCUT2D eigenvalue weighted by atomic mass is 9.91. The molecule has 1 aromatic carbocycles. The summed E-state index contributed by atoms with van der Waals surface area (Å²) in [6.45, 7) is 9.06. The number of nitrogens with one attached hydrogen (secondary N) is 1. The second-order valence-electron chi connectivity index (χ2n) is 6.77. The van der Waals surface area contributed by atoms with E-state index in [4.69, 9.17) is 0 Å². The van der Waals surface area contributed by atoms with Crippen molar-refractivity contribution in [2.75, 3.05) is 0 Å². The van der Waals surface area contributed by atoms with Gasteiger partial charge in [0.25, 0.3) is 5.91 Å². The summed E-state index contributed by atoms with van der Waals surface area (Å²) >= 11 is 0. The lowest BCUT2D eigenvalue weighted by Gasteiger charge is -2.14. The van der Waals surface area contributed by atoms with Gasteiger partial charge >= 0.3 is 0 Å². The van der Waals surface area contributed by atoms with Crippen molar-refractivity contribution >= 4 is 11.5 Å².